The standard InChI is InChI=1S/C10H10F3N3O3S2/c1-19-7-2-3-20-9(7)21(17,18)14-5-6-4-8(16-15-6)10(11,12)13/h2-4,14H,5H2,1H3,(H,15,16). The average molecular weight is 341 g/mol. The number of thiophene rings is 1. The Balaban J connectivity index is 2.11. The van der Waals surface area contributed by atoms with Gasteiger partial charge in [-0.2, -0.15) is 18.3 Å². The summed E-state index contributed by atoms with van der Waals surface area (Å²) in [4.78, 5) is 0. The van der Waals surface area contributed by atoms with E-state index in [0.717, 1.165) is 17.4 Å². The van der Waals surface area contributed by atoms with E-state index >= 15 is 0 Å². The number of aromatic nitrogens is 2. The molecular weight excluding hydrogens is 331 g/mol. The number of halogens is 3. The van der Waals surface area contributed by atoms with Gasteiger partial charge in [-0.05, 0) is 17.5 Å². The molecule has 2 N–H and O–H groups in total. The second-order valence-electron chi connectivity index (χ2n) is 3.88. The van der Waals surface area contributed by atoms with Crippen molar-refractivity contribution in [3.05, 3.63) is 28.9 Å². The molecule has 0 unspecified atom stereocenters. The molecule has 11 heteroatoms. The van der Waals surface area contributed by atoms with Crippen molar-refractivity contribution < 1.29 is 26.3 Å². The summed E-state index contributed by atoms with van der Waals surface area (Å²) in [6.45, 7) is -0.341. The highest BCUT2D eigenvalue weighted by molar-refractivity contribution is 7.91. The molecule has 0 aliphatic heterocycles. The van der Waals surface area contributed by atoms with Crippen LogP contribution in [-0.2, 0) is 22.7 Å². The molecule has 21 heavy (non-hydrogen) atoms. The molecule has 116 valence electrons. The molecule has 0 atom stereocenters. The number of alkyl halides is 3. The Morgan fingerprint density at radius 2 is 2.19 bits per heavy atom. The Bertz CT molecular complexity index is 721. The van der Waals surface area contributed by atoms with Crippen molar-refractivity contribution in [2.75, 3.05) is 7.11 Å². The molecule has 0 saturated carbocycles. The lowest BCUT2D eigenvalue weighted by Crippen LogP contribution is -2.23. The van der Waals surface area contributed by atoms with Gasteiger partial charge in [0.15, 0.2) is 9.90 Å². The molecule has 0 fully saturated rings. The monoisotopic (exact) mass is 341 g/mol. The minimum Gasteiger partial charge on any atom is -0.494 e. The van der Waals surface area contributed by atoms with Crippen LogP contribution in [0.4, 0.5) is 13.2 Å². The van der Waals surface area contributed by atoms with Crippen LogP contribution in [-0.4, -0.2) is 25.7 Å². The molecule has 0 amide bonds. The number of H-pyrrole nitrogens is 1. The summed E-state index contributed by atoms with van der Waals surface area (Å²) in [7, 11) is -2.54. The van der Waals surface area contributed by atoms with Crippen LogP contribution in [0, 0.1) is 0 Å². The van der Waals surface area contributed by atoms with Gasteiger partial charge in [0.05, 0.1) is 19.3 Å². The molecule has 0 bridgehead atoms. The van der Waals surface area contributed by atoms with E-state index in [0.29, 0.717) is 0 Å². The van der Waals surface area contributed by atoms with Gasteiger partial charge in [0.2, 0.25) is 0 Å². The van der Waals surface area contributed by atoms with Crippen molar-refractivity contribution in [3.63, 3.8) is 0 Å². The number of nitrogens with zero attached hydrogens (tertiary/aromatic N) is 1. The van der Waals surface area contributed by atoms with E-state index in [4.69, 9.17) is 4.74 Å². The van der Waals surface area contributed by atoms with Gasteiger partial charge >= 0.3 is 6.18 Å². The maximum Gasteiger partial charge on any atom is 0.435 e. The SMILES string of the molecule is COc1ccsc1S(=O)(=O)NCc1cc(C(F)(F)F)n[nH]1. The highest BCUT2D eigenvalue weighted by Crippen LogP contribution is 2.30. The number of aromatic amines is 1. The number of rotatable bonds is 5. The average Bonchev–Trinajstić information content (AvgIpc) is 3.04. The van der Waals surface area contributed by atoms with Gasteiger partial charge in [0.25, 0.3) is 10.0 Å². The van der Waals surface area contributed by atoms with Gasteiger partial charge in [-0.15, -0.1) is 11.3 Å². The molecule has 6 nitrogen and oxygen atoms in total. The zero-order valence-corrected chi connectivity index (χ0v) is 12.2. The molecular formula is C10H10F3N3O3S2. The van der Waals surface area contributed by atoms with Crippen molar-refractivity contribution in [1.82, 2.24) is 14.9 Å². The number of nitrogens with one attached hydrogen (secondary N) is 2. The smallest absolute Gasteiger partial charge is 0.435 e. The van der Waals surface area contributed by atoms with Crippen molar-refractivity contribution in [1.29, 1.82) is 0 Å². The van der Waals surface area contributed by atoms with E-state index < -0.39 is 21.9 Å². The first-order valence-corrected chi connectivity index (χ1v) is 7.83. The zero-order chi connectivity index (χ0) is 15.7. The highest BCUT2D eigenvalue weighted by atomic mass is 32.2. The Morgan fingerprint density at radius 3 is 2.76 bits per heavy atom. The van der Waals surface area contributed by atoms with Crippen LogP contribution in [0.3, 0.4) is 0 Å². The Labute approximate surface area is 122 Å². The van der Waals surface area contributed by atoms with Crippen molar-refractivity contribution in [3.8, 4) is 5.75 Å². The van der Waals surface area contributed by atoms with E-state index in [1.165, 1.54) is 18.6 Å². The first-order valence-electron chi connectivity index (χ1n) is 5.46. The molecule has 0 aliphatic rings. The van der Waals surface area contributed by atoms with Crippen LogP contribution in [0.2, 0.25) is 0 Å². The maximum atomic E-state index is 12.4. The predicted molar refractivity (Wildman–Crippen MR) is 68.5 cm³/mol. The number of hydrogen-bond donors (Lipinski definition) is 2. The summed E-state index contributed by atoms with van der Waals surface area (Å²) >= 11 is 0.944. The van der Waals surface area contributed by atoms with Gasteiger partial charge in [0, 0.05) is 0 Å². The first-order chi connectivity index (χ1) is 9.74. The topological polar surface area (TPSA) is 84.1 Å². The fraction of sp³-hybridized carbons (Fsp3) is 0.300. The fourth-order valence-corrected chi connectivity index (χ4v) is 3.79. The quantitative estimate of drug-likeness (QED) is 0.871. The number of hydrogen-bond acceptors (Lipinski definition) is 5. The van der Waals surface area contributed by atoms with Gasteiger partial charge in [0.1, 0.15) is 5.75 Å². The molecule has 2 heterocycles. The molecule has 2 rings (SSSR count). The van der Waals surface area contributed by atoms with Gasteiger partial charge in [-0.1, -0.05) is 0 Å². The Hall–Kier alpha value is -1.59. The van der Waals surface area contributed by atoms with Gasteiger partial charge in [-0.3, -0.25) is 5.10 Å². The number of methoxy groups -OCH3 is 1. The van der Waals surface area contributed by atoms with Gasteiger partial charge < -0.3 is 4.74 Å². The minimum absolute atomic E-state index is 0.00132. The summed E-state index contributed by atoms with van der Waals surface area (Å²) < 4.78 is 68.1. The molecule has 0 saturated heterocycles. The molecule has 2 aromatic heterocycles. The van der Waals surface area contributed by atoms with E-state index in [-0.39, 0.29) is 22.2 Å². The summed E-state index contributed by atoms with van der Waals surface area (Å²) in [6, 6.07) is 2.23. The summed E-state index contributed by atoms with van der Waals surface area (Å²) in [5, 5.41) is 6.74. The predicted octanol–water partition coefficient (Wildman–Crippen LogP) is 1.98. The van der Waals surface area contributed by atoms with Crippen molar-refractivity contribution >= 4 is 21.4 Å². The lowest BCUT2D eigenvalue weighted by molar-refractivity contribution is -0.141. The second-order valence-corrected chi connectivity index (χ2v) is 6.76. The lowest BCUT2D eigenvalue weighted by Gasteiger charge is -2.05. The molecule has 0 aliphatic carbocycles. The first kappa shape index (κ1) is 15.8. The van der Waals surface area contributed by atoms with Crippen molar-refractivity contribution in [2.24, 2.45) is 0 Å². The van der Waals surface area contributed by atoms with E-state index in [1.807, 2.05) is 0 Å². The normalized spacial score (nSPS) is 12.6. The summed E-state index contributed by atoms with van der Waals surface area (Å²) in [5.74, 6) is 0.174. The van der Waals surface area contributed by atoms with Crippen LogP contribution in [0.1, 0.15) is 11.4 Å². The third kappa shape index (κ3) is 3.54. The summed E-state index contributed by atoms with van der Waals surface area (Å²) in [5.41, 5.74) is -1.10. The molecule has 0 aromatic carbocycles. The molecule has 0 spiro atoms. The highest BCUT2D eigenvalue weighted by Gasteiger charge is 2.34. The largest absolute Gasteiger partial charge is 0.494 e. The minimum atomic E-state index is -4.58. The third-order valence-electron chi connectivity index (χ3n) is 2.43. The van der Waals surface area contributed by atoms with E-state index in [1.54, 1.807) is 0 Å². The molecule has 0 radical (unpaired) electrons. The fourth-order valence-electron chi connectivity index (χ4n) is 1.47. The second kappa shape index (κ2) is 5.66. The van der Waals surface area contributed by atoms with Crippen LogP contribution >= 0.6 is 11.3 Å². The third-order valence-corrected chi connectivity index (χ3v) is 5.28. The van der Waals surface area contributed by atoms with Crippen molar-refractivity contribution in [2.45, 2.75) is 16.9 Å². The number of sulfonamides is 1. The Kier molecular flexibility index (Phi) is 4.25. The van der Waals surface area contributed by atoms with Crippen LogP contribution in [0.25, 0.3) is 0 Å². The Morgan fingerprint density at radius 1 is 1.48 bits per heavy atom. The van der Waals surface area contributed by atoms with Crippen LogP contribution in [0.15, 0.2) is 21.7 Å². The molecule has 2 aromatic rings. The van der Waals surface area contributed by atoms with Gasteiger partial charge in [-0.25, -0.2) is 13.1 Å². The van der Waals surface area contributed by atoms with E-state index in [9.17, 15) is 21.6 Å². The maximum absolute atomic E-state index is 12.4. The summed E-state index contributed by atoms with van der Waals surface area (Å²) in [6.07, 6.45) is -4.58. The van der Waals surface area contributed by atoms with Crippen LogP contribution in [0.5, 0.6) is 5.75 Å². The number of ether oxygens (including phenoxy) is 1. The van der Waals surface area contributed by atoms with E-state index in [2.05, 4.69) is 14.9 Å². The lowest BCUT2D eigenvalue weighted by atomic mass is 10.3. The van der Waals surface area contributed by atoms with Crippen LogP contribution < -0.4 is 9.46 Å². The zero-order valence-electron chi connectivity index (χ0n) is 10.6.